The highest BCUT2D eigenvalue weighted by atomic mass is 32.2. The zero-order chi connectivity index (χ0) is 38.6. The Morgan fingerprint density at radius 1 is 0.981 bits per heavy atom. The van der Waals surface area contributed by atoms with Gasteiger partial charge in [0.15, 0.2) is 17.3 Å². The van der Waals surface area contributed by atoms with Gasteiger partial charge in [-0.2, -0.15) is 40.2 Å². The highest BCUT2D eigenvalue weighted by Crippen LogP contribution is 2.37. The molecular weight excluding hydrogens is 745 g/mol. The van der Waals surface area contributed by atoms with Crippen molar-refractivity contribution >= 4 is 53.4 Å². The first-order valence-electron chi connectivity index (χ1n) is 14.9. The fourth-order valence-corrected chi connectivity index (χ4v) is 6.85. The summed E-state index contributed by atoms with van der Waals surface area (Å²) in [7, 11) is -14.5. The Kier molecular flexibility index (Phi) is 9.69. The van der Waals surface area contributed by atoms with Crippen LogP contribution in [0.1, 0.15) is 66.7 Å². The lowest BCUT2D eigenvalue weighted by molar-refractivity contribution is 0.0947. The minimum atomic E-state index is -5.01. The Bertz CT molecular complexity index is 2660. The van der Waals surface area contributed by atoms with E-state index < -0.39 is 68.0 Å². The number of hydrogen-bond acceptors (Lipinski definition) is 13. The number of benzene rings is 2. The van der Waals surface area contributed by atoms with Crippen LogP contribution in [0.25, 0.3) is 11.3 Å². The third kappa shape index (κ3) is 7.47. The van der Waals surface area contributed by atoms with Crippen molar-refractivity contribution in [1.29, 1.82) is 5.26 Å². The maximum absolute atomic E-state index is 12.8. The number of aromatic amines is 1. The lowest BCUT2D eigenvalue weighted by Gasteiger charge is -2.16. The molecule has 3 aromatic heterocycles. The van der Waals surface area contributed by atoms with Crippen molar-refractivity contribution in [2.75, 3.05) is 6.54 Å². The molecule has 23 heteroatoms. The second-order valence-electron chi connectivity index (χ2n) is 12.5. The molecule has 0 aliphatic heterocycles. The maximum atomic E-state index is 12.8. The molecule has 1 atom stereocenters. The van der Waals surface area contributed by atoms with Crippen LogP contribution in [0.4, 0.5) is 11.5 Å². The fraction of sp³-hybridized carbons (Fsp3) is 0.276. The first-order valence-corrected chi connectivity index (χ1v) is 19.2. The van der Waals surface area contributed by atoms with E-state index in [1.807, 2.05) is 26.8 Å². The molecule has 0 aliphatic carbocycles. The van der Waals surface area contributed by atoms with Crippen molar-refractivity contribution in [2.24, 2.45) is 10.2 Å². The molecule has 20 nitrogen and oxygen atoms in total. The number of aromatic nitrogens is 6. The van der Waals surface area contributed by atoms with Gasteiger partial charge < -0.3 is 5.32 Å². The first kappa shape index (κ1) is 37.9. The van der Waals surface area contributed by atoms with E-state index in [0.29, 0.717) is 5.69 Å². The van der Waals surface area contributed by atoms with E-state index in [-0.39, 0.29) is 46.3 Å². The summed E-state index contributed by atoms with van der Waals surface area (Å²) in [6.45, 7) is 8.55. The van der Waals surface area contributed by atoms with E-state index in [9.17, 15) is 49.0 Å². The quantitative estimate of drug-likeness (QED) is 0.100. The summed E-state index contributed by atoms with van der Waals surface area (Å²) in [5.74, 6) is -1.47. The molecule has 52 heavy (non-hydrogen) atoms. The van der Waals surface area contributed by atoms with Gasteiger partial charge in [-0.3, -0.25) is 23.6 Å². The summed E-state index contributed by atoms with van der Waals surface area (Å²) in [4.78, 5) is 15.3. The van der Waals surface area contributed by atoms with Gasteiger partial charge in [-0.15, -0.1) is 15.3 Å². The van der Waals surface area contributed by atoms with Crippen LogP contribution in [0.3, 0.4) is 0 Å². The number of carbonyl (C=O) groups excluding carboxylic acids is 1. The number of fused-ring (bicyclic) bond motifs is 1. The summed E-state index contributed by atoms with van der Waals surface area (Å²) >= 11 is 0. The molecule has 274 valence electrons. The summed E-state index contributed by atoms with van der Waals surface area (Å²) in [6, 6.07) is 9.24. The van der Waals surface area contributed by atoms with Gasteiger partial charge in [-0.25, -0.2) is 9.67 Å². The van der Waals surface area contributed by atoms with Gasteiger partial charge in [0.2, 0.25) is 5.65 Å². The normalized spacial score (nSPS) is 13.4. The molecule has 0 aliphatic rings. The number of aryl methyl sites for hydroxylation is 1. The summed E-state index contributed by atoms with van der Waals surface area (Å²) in [5.41, 5.74) is -0.877. The predicted molar refractivity (Wildman–Crippen MR) is 180 cm³/mol. The molecule has 5 aromatic rings. The first-order chi connectivity index (χ1) is 24.0. The molecule has 0 saturated carbocycles. The van der Waals surface area contributed by atoms with Crippen molar-refractivity contribution in [2.45, 2.75) is 60.6 Å². The zero-order valence-corrected chi connectivity index (χ0v) is 30.3. The number of azo groups is 1. The van der Waals surface area contributed by atoms with Gasteiger partial charge >= 0.3 is 0 Å². The van der Waals surface area contributed by atoms with Crippen LogP contribution in [0, 0.1) is 18.3 Å². The standard InChI is InChI=1S/C29H30N10O10S3/c1-15(14-31-28(40)18-8-6-7-9-21(18)51(44,45)46)25-32-27-23(24(29(3,4)5)36-39(27)37-25)33-34-26-19(13-30)16(2)35-38(26)20-12-17(50(41,42)43)10-11-22(20)52(47,48)49/h6-12,15,36H,14H2,1-5H3,(H,31,40)(H,41,42,43)(H,44,45,46)(H,47,48,49). The molecule has 0 fully saturated rings. The van der Waals surface area contributed by atoms with Crippen LogP contribution in [0.5, 0.6) is 0 Å². The van der Waals surface area contributed by atoms with Crippen LogP contribution >= 0.6 is 0 Å². The van der Waals surface area contributed by atoms with E-state index in [1.165, 1.54) is 29.8 Å². The monoisotopic (exact) mass is 774 g/mol. The second kappa shape index (κ2) is 13.3. The summed E-state index contributed by atoms with van der Waals surface area (Å²) < 4.78 is 103. The van der Waals surface area contributed by atoms with Gasteiger partial charge in [-0.1, -0.05) is 39.8 Å². The SMILES string of the molecule is Cc1nn(-c2cc(S(=O)(=O)O)ccc2S(=O)(=O)O)c(N=Nc2c(C(C)(C)C)[nH]n3nc(C(C)CNC(=O)c4ccccc4S(=O)(=O)O)nc23)c1C#N. The van der Waals surface area contributed by atoms with E-state index in [1.54, 1.807) is 6.92 Å². The number of nitrogens with zero attached hydrogens (tertiary/aromatic N) is 8. The Hall–Kier alpha value is -5.38. The molecule has 0 bridgehead atoms. The summed E-state index contributed by atoms with van der Waals surface area (Å²) in [5, 5.41) is 32.8. The van der Waals surface area contributed by atoms with Crippen molar-refractivity contribution in [1.82, 2.24) is 34.9 Å². The molecule has 5 N–H and O–H groups in total. The van der Waals surface area contributed by atoms with Crippen LogP contribution in [0.15, 0.2) is 67.4 Å². The van der Waals surface area contributed by atoms with Crippen LogP contribution in [-0.2, 0) is 35.8 Å². The van der Waals surface area contributed by atoms with Crippen LogP contribution < -0.4 is 5.32 Å². The predicted octanol–water partition coefficient (Wildman–Crippen LogP) is 3.41. The van der Waals surface area contributed by atoms with E-state index >= 15 is 0 Å². The number of H-pyrrole nitrogens is 1. The van der Waals surface area contributed by atoms with E-state index in [2.05, 4.69) is 35.8 Å². The highest BCUT2D eigenvalue weighted by molar-refractivity contribution is 7.86. The lowest BCUT2D eigenvalue weighted by atomic mass is 9.91. The molecule has 1 amide bonds. The number of nitriles is 1. The maximum Gasteiger partial charge on any atom is 0.296 e. The molecule has 3 heterocycles. The number of nitrogens with one attached hydrogen (secondary N) is 2. The minimum Gasteiger partial charge on any atom is -0.351 e. The van der Waals surface area contributed by atoms with Crippen LogP contribution in [0.2, 0.25) is 0 Å². The minimum absolute atomic E-state index is 0.0325. The summed E-state index contributed by atoms with van der Waals surface area (Å²) in [6.07, 6.45) is 0. The van der Waals surface area contributed by atoms with Gasteiger partial charge in [0.25, 0.3) is 36.3 Å². The van der Waals surface area contributed by atoms with Gasteiger partial charge in [0.05, 0.1) is 27.5 Å². The molecule has 0 radical (unpaired) electrons. The van der Waals surface area contributed by atoms with Crippen LogP contribution in [-0.4, -0.2) is 81.0 Å². The van der Waals surface area contributed by atoms with Gasteiger partial charge in [0.1, 0.15) is 21.4 Å². The molecule has 2 aromatic carbocycles. The Morgan fingerprint density at radius 2 is 1.63 bits per heavy atom. The molecule has 0 spiro atoms. The third-order valence-corrected chi connectivity index (χ3v) is 10.2. The number of carbonyl (C=O) groups is 1. The third-order valence-electron chi connectivity index (χ3n) is 7.59. The molecule has 0 saturated heterocycles. The average Bonchev–Trinajstić information content (AvgIpc) is 3.71. The average molecular weight is 775 g/mol. The zero-order valence-electron chi connectivity index (χ0n) is 27.8. The van der Waals surface area contributed by atoms with Crippen molar-refractivity contribution in [3.63, 3.8) is 0 Å². The van der Waals surface area contributed by atoms with Gasteiger partial charge in [-0.05, 0) is 37.3 Å². The van der Waals surface area contributed by atoms with Crippen molar-refractivity contribution in [3.8, 4) is 11.8 Å². The highest BCUT2D eigenvalue weighted by Gasteiger charge is 2.29. The Balaban J connectivity index is 1.57. The number of amides is 1. The second-order valence-corrected chi connectivity index (χ2v) is 16.7. The molecule has 5 rings (SSSR count). The van der Waals surface area contributed by atoms with E-state index in [0.717, 1.165) is 28.9 Å². The lowest BCUT2D eigenvalue weighted by Crippen LogP contribution is -2.29. The largest absolute Gasteiger partial charge is 0.351 e. The Labute approximate surface area is 296 Å². The number of rotatable bonds is 10. The topological polar surface area (TPSA) is 305 Å². The number of hydrogen-bond donors (Lipinski definition) is 5. The fourth-order valence-electron chi connectivity index (χ4n) is 5.01. The van der Waals surface area contributed by atoms with Gasteiger partial charge in [0, 0.05) is 17.9 Å². The Morgan fingerprint density at radius 3 is 2.23 bits per heavy atom. The molecule has 1 unspecified atom stereocenters. The smallest absolute Gasteiger partial charge is 0.296 e. The molecular formula is C29H30N10O10S3. The van der Waals surface area contributed by atoms with Crippen molar-refractivity contribution in [3.05, 3.63) is 70.8 Å². The van der Waals surface area contributed by atoms with E-state index in [4.69, 9.17) is 0 Å². The van der Waals surface area contributed by atoms with Crippen molar-refractivity contribution < 1.29 is 43.7 Å².